The van der Waals surface area contributed by atoms with Crippen molar-refractivity contribution < 1.29 is 14.3 Å². The van der Waals surface area contributed by atoms with Crippen LogP contribution in [0, 0.1) is 0 Å². The molecular formula is C13H18O3. The number of benzene rings is 1. The zero-order valence-corrected chi connectivity index (χ0v) is 10.0. The lowest BCUT2D eigenvalue weighted by atomic mass is 10.1. The Hall–Kier alpha value is -1.35. The monoisotopic (exact) mass is 222 g/mol. The van der Waals surface area contributed by atoms with E-state index in [1.807, 2.05) is 32.0 Å². The molecule has 0 aliphatic rings. The summed E-state index contributed by atoms with van der Waals surface area (Å²) < 4.78 is 10.5. The maximum absolute atomic E-state index is 11.6. The summed E-state index contributed by atoms with van der Waals surface area (Å²) in [6, 6.07) is 7.36. The van der Waals surface area contributed by atoms with Crippen LogP contribution in [0.15, 0.2) is 24.3 Å². The third-order valence-corrected chi connectivity index (χ3v) is 2.08. The highest BCUT2D eigenvalue weighted by Gasteiger charge is 2.11. The molecule has 3 heteroatoms. The van der Waals surface area contributed by atoms with E-state index in [-0.39, 0.29) is 12.1 Å². The van der Waals surface area contributed by atoms with Crippen LogP contribution in [0.1, 0.15) is 36.7 Å². The van der Waals surface area contributed by atoms with Gasteiger partial charge in [-0.25, -0.2) is 4.79 Å². The largest absolute Gasteiger partial charge is 0.462 e. The number of carbonyl (C=O) groups is 1. The first-order valence-electron chi connectivity index (χ1n) is 5.51. The zero-order chi connectivity index (χ0) is 12.0. The molecule has 0 unspecified atom stereocenters. The molecule has 0 aliphatic carbocycles. The Bertz CT molecular complexity index is 345. The molecule has 0 atom stereocenters. The van der Waals surface area contributed by atoms with Crippen molar-refractivity contribution in [1.82, 2.24) is 0 Å². The third-order valence-electron chi connectivity index (χ3n) is 2.08. The molecule has 0 fully saturated rings. The van der Waals surface area contributed by atoms with Crippen molar-refractivity contribution in [3.63, 3.8) is 0 Å². The average molecular weight is 222 g/mol. The smallest absolute Gasteiger partial charge is 0.338 e. The average Bonchev–Trinajstić information content (AvgIpc) is 2.27. The van der Waals surface area contributed by atoms with E-state index in [4.69, 9.17) is 9.47 Å². The summed E-state index contributed by atoms with van der Waals surface area (Å²) in [7, 11) is 0. The molecule has 1 rings (SSSR count). The van der Waals surface area contributed by atoms with Crippen molar-refractivity contribution in [3.05, 3.63) is 35.4 Å². The maximum atomic E-state index is 11.6. The van der Waals surface area contributed by atoms with Gasteiger partial charge in [-0.2, -0.15) is 0 Å². The molecular weight excluding hydrogens is 204 g/mol. The Morgan fingerprint density at radius 1 is 1.31 bits per heavy atom. The lowest BCUT2D eigenvalue weighted by Crippen LogP contribution is -2.10. The molecule has 0 aliphatic heterocycles. The van der Waals surface area contributed by atoms with Crippen molar-refractivity contribution in [1.29, 1.82) is 0 Å². The molecule has 0 aromatic heterocycles. The van der Waals surface area contributed by atoms with Crippen LogP contribution in [-0.2, 0) is 16.1 Å². The normalized spacial score (nSPS) is 10.5. The van der Waals surface area contributed by atoms with Crippen LogP contribution in [0.25, 0.3) is 0 Å². The Labute approximate surface area is 96.4 Å². The number of esters is 1. The standard InChI is InChI=1S/C13H18O3/c1-4-15-13(14)12-8-6-5-7-11(12)9-16-10(2)3/h5-8,10H,4,9H2,1-3H3. The van der Waals surface area contributed by atoms with Crippen LogP contribution in [0.3, 0.4) is 0 Å². The quantitative estimate of drug-likeness (QED) is 0.719. The number of rotatable bonds is 5. The Morgan fingerprint density at radius 3 is 2.62 bits per heavy atom. The predicted octanol–water partition coefficient (Wildman–Crippen LogP) is 2.79. The number of hydrogen-bond donors (Lipinski definition) is 0. The topological polar surface area (TPSA) is 35.5 Å². The van der Waals surface area contributed by atoms with E-state index >= 15 is 0 Å². The van der Waals surface area contributed by atoms with Gasteiger partial charge in [0.25, 0.3) is 0 Å². The fraction of sp³-hybridized carbons (Fsp3) is 0.462. The van der Waals surface area contributed by atoms with Crippen molar-refractivity contribution >= 4 is 5.97 Å². The van der Waals surface area contributed by atoms with Crippen LogP contribution in [0.4, 0.5) is 0 Å². The molecule has 88 valence electrons. The molecule has 0 bridgehead atoms. The summed E-state index contributed by atoms with van der Waals surface area (Å²) in [4.78, 5) is 11.6. The summed E-state index contributed by atoms with van der Waals surface area (Å²) >= 11 is 0. The highest BCUT2D eigenvalue weighted by molar-refractivity contribution is 5.91. The first kappa shape index (κ1) is 12.7. The molecule has 0 N–H and O–H groups in total. The van der Waals surface area contributed by atoms with E-state index in [9.17, 15) is 4.79 Å². The van der Waals surface area contributed by atoms with Crippen molar-refractivity contribution in [2.24, 2.45) is 0 Å². The Balaban J connectivity index is 2.78. The zero-order valence-electron chi connectivity index (χ0n) is 10.0. The molecule has 0 saturated carbocycles. The number of ether oxygens (including phenoxy) is 2. The first-order chi connectivity index (χ1) is 7.65. The van der Waals surface area contributed by atoms with E-state index in [1.54, 1.807) is 13.0 Å². The lowest BCUT2D eigenvalue weighted by molar-refractivity contribution is 0.0495. The van der Waals surface area contributed by atoms with Gasteiger partial charge < -0.3 is 9.47 Å². The van der Waals surface area contributed by atoms with Crippen molar-refractivity contribution in [2.45, 2.75) is 33.5 Å². The molecule has 0 saturated heterocycles. The van der Waals surface area contributed by atoms with E-state index in [0.717, 1.165) is 5.56 Å². The van der Waals surface area contributed by atoms with Gasteiger partial charge in [-0.1, -0.05) is 18.2 Å². The summed E-state index contributed by atoms with van der Waals surface area (Å²) in [5.74, 6) is -0.287. The van der Waals surface area contributed by atoms with E-state index in [0.29, 0.717) is 18.8 Å². The number of carbonyl (C=O) groups excluding carboxylic acids is 1. The van der Waals surface area contributed by atoms with Crippen molar-refractivity contribution in [2.75, 3.05) is 6.61 Å². The second kappa shape index (κ2) is 6.28. The molecule has 0 spiro atoms. The molecule has 1 aromatic carbocycles. The van der Waals surface area contributed by atoms with Gasteiger partial charge in [-0.05, 0) is 32.4 Å². The van der Waals surface area contributed by atoms with Gasteiger partial charge in [0.2, 0.25) is 0 Å². The minimum atomic E-state index is -0.287. The second-order valence-corrected chi connectivity index (χ2v) is 3.74. The van der Waals surface area contributed by atoms with Gasteiger partial charge >= 0.3 is 5.97 Å². The second-order valence-electron chi connectivity index (χ2n) is 3.74. The van der Waals surface area contributed by atoms with Gasteiger partial charge in [0, 0.05) is 0 Å². The van der Waals surface area contributed by atoms with E-state index in [1.165, 1.54) is 0 Å². The highest BCUT2D eigenvalue weighted by atomic mass is 16.5. The molecule has 3 nitrogen and oxygen atoms in total. The molecule has 1 aromatic rings. The van der Waals surface area contributed by atoms with Crippen LogP contribution < -0.4 is 0 Å². The lowest BCUT2D eigenvalue weighted by Gasteiger charge is -2.11. The fourth-order valence-electron chi connectivity index (χ4n) is 1.31. The van der Waals surface area contributed by atoms with E-state index in [2.05, 4.69) is 0 Å². The van der Waals surface area contributed by atoms with Crippen LogP contribution in [-0.4, -0.2) is 18.7 Å². The van der Waals surface area contributed by atoms with Crippen LogP contribution >= 0.6 is 0 Å². The molecule has 0 heterocycles. The van der Waals surface area contributed by atoms with Crippen molar-refractivity contribution in [3.8, 4) is 0 Å². The third kappa shape index (κ3) is 3.66. The highest BCUT2D eigenvalue weighted by Crippen LogP contribution is 2.12. The first-order valence-corrected chi connectivity index (χ1v) is 5.51. The van der Waals surface area contributed by atoms with Gasteiger partial charge in [0.15, 0.2) is 0 Å². The Kier molecular flexibility index (Phi) is 4.99. The minimum absolute atomic E-state index is 0.148. The van der Waals surface area contributed by atoms with Gasteiger partial charge in [0.1, 0.15) is 0 Å². The fourth-order valence-corrected chi connectivity index (χ4v) is 1.31. The van der Waals surface area contributed by atoms with Gasteiger partial charge in [-0.15, -0.1) is 0 Å². The molecule has 16 heavy (non-hydrogen) atoms. The van der Waals surface area contributed by atoms with Gasteiger partial charge in [0.05, 0.1) is 24.9 Å². The van der Waals surface area contributed by atoms with Crippen LogP contribution in [0.5, 0.6) is 0 Å². The summed E-state index contributed by atoms with van der Waals surface area (Å²) in [5, 5.41) is 0. The van der Waals surface area contributed by atoms with E-state index < -0.39 is 0 Å². The number of hydrogen-bond acceptors (Lipinski definition) is 3. The SMILES string of the molecule is CCOC(=O)c1ccccc1COC(C)C. The summed E-state index contributed by atoms with van der Waals surface area (Å²) in [5.41, 5.74) is 1.46. The van der Waals surface area contributed by atoms with Gasteiger partial charge in [-0.3, -0.25) is 0 Å². The maximum Gasteiger partial charge on any atom is 0.338 e. The van der Waals surface area contributed by atoms with Crippen LogP contribution in [0.2, 0.25) is 0 Å². The summed E-state index contributed by atoms with van der Waals surface area (Å²) in [6.45, 7) is 6.55. The summed E-state index contributed by atoms with van der Waals surface area (Å²) in [6.07, 6.45) is 0.148. The molecule has 0 radical (unpaired) electrons. The Morgan fingerprint density at radius 2 is 2.00 bits per heavy atom. The molecule has 0 amide bonds. The minimum Gasteiger partial charge on any atom is -0.462 e. The predicted molar refractivity (Wildman–Crippen MR) is 62.3 cm³/mol.